The highest BCUT2D eigenvalue weighted by Gasteiger charge is 2.33. The van der Waals surface area contributed by atoms with Gasteiger partial charge in [0.05, 0.1) is 26.9 Å². The summed E-state index contributed by atoms with van der Waals surface area (Å²) in [7, 11) is 3.24. The summed E-state index contributed by atoms with van der Waals surface area (Å²) in [5.74, 6) is 1.42. The monoisotopic (exact) mass is 591 g/mol. The lowest BCUT2D eigenvalue weighted by molar-refractivity contribution is -0.144. The van der Waals surface area contributed by atoms with E-state index in [2.05, 4.69) is 12.1 Å². The third kappa shape index (κ3) is 6.42. The van der Waals surface area contributed by atoms with Gasteiger partial charge < -0.3 is 23.8 Å². The normalized spacial score (nSPS) is 18.4. The van der Waals surface area contributed by atoms with Crippen LogP contribution in [0.3, 0.4) is 0 Å². The summed E-state index contributed by atoms with van der Waals surface area (Å²) in [5.41, 5.74) is 4.88. The van der Waals surface area contributed by atoms with Crippen LogP contribution in [0.2, 0.25) is 5.02 Å². The number of rotatable bonds is 9. The summed E-state index contributed by atoms with van der Waals surface area (Å²) in [6.07, 6.45) is 2.04. The van der Waals surface area contributed by atoms with Gasteiger partial charge in [0.1, 0.15) is 6.10 Å². The van der Waals surface area contributed by atoms with Gasteiger partial charge in [0.25, 0.3) is 0 Å². The van der Waals surface area contributed by atoms with Gasteiger partial charge in [-0.2, -0.15) is 0 Å². The molecule has 1 fully saturated rings. The molecule has 8 heteroatoms. The first-order valence-electron chi connectivity index (χ1n) is 14.6. The predicted molar refractivity (Wildman–Crippen MR) is 162 cm³/mol. The van der Waals surface area contributed by atoms with Gasteiger partial charge in [0, 0.05) is 36.5 Å². The number of hydrogen-bond donors (Lipinski definition) is 0. The lowest BCUT2D eigenvalue weighted by atomic mass is 9.90. The van der Waals surface area contributed by atoms with E-state index in [9.17, 15) is 9.59 Å². The summed E-state index contributed by atoms with van der Waals surface area (Å²) < 4.78 is 23.5. The van der Waals surface area contributed by atoms with E-state index in [1.54, 1.807) is 14.2 Å². The van der Waals surface area contributed by atoms with Crippen molar-refractivity contribution in [1.82, 2.24) is 4.90 Å². The van der Waals surface area contributed by atoms with Crippen LogP contribution in [-0.2, 0) is 19.1 Å². The quantitative estimate of drug-likeness (QED) is 0.246. The molecule has 0 saturated carbocycles. The zero-order chi connectivity index (χ0) is 29.6. The van der Waals surface area contributed by atoms with Gasteiger partial charge in [-0.3, -0.25) is 9.59 Å². The van der Waals surface area contributed by atoms with E-state index in [0.29, 0.717) is 55.5 Å². The minimum atomic E-state index is -0.505. The molecule has 2 aliphatic heterocycles. The zero-order valence-corrected chi connectivity index (χ0v) is 25.2. The standard InChI is InChI=1S/C34H38ClNO6/c1-4-41-32(38)20-22-16-18-36(19-17-22)31(37)15-14-29-26-9-6-5-8-24(26)25-13-12-23(35)21-28(25)33(42-29)27-10-7-11-30(39-2)34(27)40-3/h5-13,21-22,29,33H,4,14-20H2,1-3H3. The van der Waals surface area contributed by atoms with Crippen molar-refractivity contribution in [3.05, 3.63) is 82.4 Å². The van der Waals surface area contributed by atoms with Crippen molar-refractivity contribution in [3.63, 3.8) is 0 Å². The number of halogens is 1. The maximum Gasteiger partial charge on any atom is 0.306 e. The van der Waals surface area contributed by atoms with Gasteiger partial charge in [-0.1, -0.05) is 54.1 Å². The molecule has 0 N–H and O–H groups in total. The van der Waals surface area contributed by atoms with Crippen molar-refractivity contribution in [2.75, 3.05) is 33.9 Å². The second-order valence-electron chi connectivity index (χ2n) is 10.8. The number of carbonyl (C=O) groups excluding carboxylic acids is 2. The summed E-state index contributed by atoms with van der Waals surface area (Å²) in [6, 6.07) is 19.8. The first-order valence-corrected chi connectivity index (χ1v) is 15.0. The number of para-hydroxylation sites is 1. The number of likely N-dealkylation sites (tertiary alicyclic amines) is 1. The van der Waals surface area contributed by atoms with Crippen molar-refractivity contribution in [2.45, 2.75) is 51.2 Å². The number of methoxy groups -OCH3 is 2. The second-order valence-corrected chi connectivity index (χ2v) is 11.2. The Morgan fingerprint density at radius 3 is 2.40 bits per heavy atom. The molecule has 42 heavy (non-hydrogen) atoms. The lowest BCUT2D eigenvalue weighted by Gasteiger charge is -2.32. The number of ether oxygens (including phenoxy) is 4. The Bertz CT molecular complexity index is 1420. The van der Waals surface area contributed by atoms with E-state index < -0.39 is 6.10 Å². The Morgan fingerprint density at radius 1 is 0.929 bits per heavy atom. The number of carbonyl (C=O) groups is 2. The maximum atomic E-state index is 13.4. The van der Waals surface area contributed by atoms with Crippen LogP contribution in [0.15, 0.2) is 60.7 Å². The minimum absolute atomic E-state index is 0.103. The first-order chi connectivity index (χ1) is 20.4. The Hall–Kier alpha value is -3.55. The number of benzene rings is 3. The van der Waals surface area contributed by atoms with E-state index in [1.807, 2.05) is 60.4 Å². The number of esters is 1. The fourth-order valence-corrected chi connectivity index (χ4v) is 6.35. The smallest absolute Gasteiger partial charge is 0.306 e. The van der Waals surface area contributed by atoms with E-state index in [-0.39, 0.29) is 23.9 Å². The van der Waals surface area contributed by atoms with Crippen molar-refractivity contribution in [2.24, 2.45) is 5.92 Å². The molecule has 2 unspecified atom stereocenters. The number of hydrogen-bond acceptors (Lipinski definition) is 6. The molecule has 0 radical (unpaired) electrons. The number of amides is 1. The van der Waals surface area contributed by atoms with Crippen LogP contribution in [0.1, 0.15) is 67.9 Å². The Balaban J connectivity index is 1.40. The maximum absolute atomic E-state index is 13.4. The Labute approximate surface area is 252 Å². The molecule has 5 rings (SSSR count). The number of nitrogens with zero attached hydrogens (tertiary/aromatic N) is 1. The molecule has 7 nitrogen and oxygen atoms in total. The van der Waals surface area contributed by atoms with E-state index in [4.69, 9.17) is 30.5 Å². The molecular formula is C34H38ClNO6. The van der Waals surface area contributed by atoms with Crippen LogP contribution in [0, 0.1) is 5.92 Å². The van der Waals surface area contributed by atoms with Gasteiger partial charge >= 0.3 is 5.97 Å². The molecule has 3 aromatic carbocycles. The first kappa shape index (κ1) is 29.9. The average Bonchev–Trinajstić information content (AvgIpc) is 3.14. The highest BCUT2D eigenvalue weighted by Crippen LogP contribution is 2.49. The molecule has 222 valence electrons. The van der Waals surface area contributed by atoms with Crippen molar-refractivity contribution < 1.29 is 28.5 Å². The van der Waals surface area contributed by atoms with E-state index >= 15 is 0 Å². The summed E-state index contributed by atoms with van der Waals surface area (Å²) >= 11 is 6.53. The van der Waals surface area contributed by atoms with E-state index in [0.717, 1.165) is 40.7 Å². The molecule has 2 atom stereocenters. The topological polar surface area (TPSA) is 74.3 Å². The molecule has 0 aromatic heterocycles. The SMILES string of the molecule is CCOC(=O)CC1CCN(C(=O)CCC2OC(c3cccc(OC)c3OC)c3cc(Cl)ccc3-c3ccccc32)CC1. The number of fused-ring (bicyclic) bond motifs is 3. The minimum Gasteiger partial charge on any atom is -0.493 e. The summed E-state index contributed by atoms with van der Waals surface area (Å²) in [4.78, 5) is 27.2. The molecule has 1 amide bonds. The average molecular weight is 592 g/mol. The molecule has 0 spiro atoms. The highest BCUT2D eigenvalue weighted by atomic mass is 35.5. The lowest BCUT2D eigenvalue weighted by Crippen LogP contribution is -2.39. The van der Waals surface area contributed by atoms with Crippen molar-refractivity contribution in [1.29, 1.82) is 0 Å². The van der Waals surface area contributed by atoms with E-state index in [1.165, 1.54) is 0 Å². The highest BCUT2D eigenvalue weighted by molar-refractivity contribution is 6.30. The van der Waals surface area contributed by atoms with Gasteiger partial charge in [-0.15, -0.1) is 0 Å². The van der Waals surface area contributed by atoms with Crippen molar-refractivity contribution in [3.8, 4) is 22.6 Å². The molecule has 2 aliphatic rings. The molecular weight excluding hydrogens is 554 g/mol. The molecule has 1 saturated heterocycles. The fourth-order valence-electron chi connectivity index (χ4n) is 6.17. The van der Waals surface area contributed by atoms with Crippen LogP contribution < -0.4 is 9.47 Å². The van der Waals surface area contributed by atoms with Crippen LogP contribution >= 0.6 is 11.6 Å². The second kappa shape index (κ2) is 13.6. The summed E-state index contributed by atoms with van der Waals surface area (Å²) in [5, 5.41) is 0.613. The Morgan fingerprint density at radius 2 is 1.67 bits per heavy atom. The van der Waals surface area contributed by atoms with Crippen LogP contribution in [0.5, 0.6) is 11.5 Å². The van der Waals surface area contributed by atoms with Crippen molar-refractivity contribution >= 4 is 23.5 Å². The van der Waals surface area contributed by atoms with Crippen LogP contribution in [0.25, 0.3) is 11.1 Å². The molecule has 0 bridgehead atoms. The third-order valence-electron chi connectivity index (χ3n) is 8.26. The molecule has 2 heterocycles. The van der Waals surface area contributed by atoms with Crippen LogP contribution in [0.4, 0.5) is 0 Å². The fraction of sp³-hybridized carbons (Fsp3) is 0.412. The molecule has 3 aromatic rings. The van der Waals surface area contributed by atoms with Gasteiger partial charge in [0.15, 0.2) is 11.5 Å². The van der Waals surface area contributed by atoms with Gasteiger partial charge in [-0.25, -0.2) is 0 Å². The summed E-state index contributed by atoms with van der Waals surface area (Å²) in [6.45, 7) is 3.52. The molecule has 0 aliphatic carbocycles. The van der Waals surface area contributed by atoms with Crippen LogP contribution in [-0.4, -0.2) is 50.7 Å². The zero-order valence-electron chi connectivity index (χ0n) is 24.4. The Kier molecular flexibility index (Phi) is 9.70. The van der Waals surface area contributed by atoms with Gasteiger partial charge in [-0.05, 0) is 72.6 Å². The third-order valence-corrected chi connectivity index (χ3v) is 8.49. The van der Waals surface area contributed by atoms with Gasteiger partial charge in [0.2, 0.25) is 5.91 Å². The number of piperidine rings is 1. The largest absolute Gasteiger partial charge is 0.493 e. The predicted octanol–water partition coefficient (Wildman–Crippen LogP) is 7.16.